The first kappa shape index (κ1) is 25.1. The van der Waals surface area contributed by atoms with Gasteiger partial charge in [-0.25, -0.2) is 0 Å². The number of aryl methyl sites for hydroxylation is 1. The summed E-state index contributed by atoms with van der Waals surface area (Å²) in [5.74, 6) is 0.0833. The van der Waals surface area contributed by atoms with Crippen LogP contribution in [0.4, 0.5) is 5.69 Å². The smallest absolute Gasteiger partial charge is 0.262 e. The number of thiophene rings is 1. The van der Waals surface area contributed by atoms with E-state index in [4.69, 9.17) is 11.6 Å². The van der Waals surface area contributed by atoms with E-state index in [1.165, 1.54) is 24.2 Å². The van der Waals surface area contributed by atoms with Gasteiger partial charge in [0.25, 0.3) is 5.91 Å². The molecule has 1 aliphatic rings. The Bertz CT molecular complexity index is 1150. The number of rotatable bonds is 10. The van der Waals surface area contributed by atoms with Gasteiger partial charge in [-0.05, 0) is 49.1 Å². The van der Waals surface area contributed by atoms with Crippen molar-refractivity contribution in [3.8, 4) is 0 Å². The fourth-order valence-corrected chi connectivity index (χ4v) is 5.33. The molecule has 9 heteroatoms. The van der Waals surface area contributed by atoms with Crippen molar-refractivity contribution in [2.24, 2.45) is 5.92 Å². The van der Waals surface area contributed by atoms with Gasteiger partial charge in [0.2, 0.25) is 5.91 Å². The van der Waals surface area contributed by atoms with Gasteiger partial charge in [0.15, 0.2) is 0 Å². The average molecular weight is 512 g/mol. The van der Waals surface area contributed by atoms with Gasteiger partial charge in [-0.1, -0.05) is 43.4 Å². The van der Waals surface area contributed by atoms with Crippen LogP contribution in [-0.4, -0.2) is 27.8 Å². The van der Waals surface area contributed by atoms with Gasteiger partial charge < -0.3 is 16.0 Å². The normalized spacial score (nSPS) is 14.5. The monoisotopic (exact) mass is 511 g/mol. The largest absolute Gasteiger partial charge is 0.379 e. The fraction of sp³-hybridized carbons (Fsp3) is 0.385. The van der Waals surface area contributed by atoms with Crippen molar-refractivity contribution in [3.63, 3.8) is 0 Å². The maximum atomic E-state index is 13.1. The Labute approximate surface area is 214 Å². The molecule has 3 aromatic heterocycles. The first-order valence-corrected chi connectivity index (χ1v) is 13.1. The van der Waals surface area contributed by atoms with Crippen LogP contribution in [0.15, 0.2) is 48.9 Å². The number of nitrogens with one attached hydrogen (secondary N) is 3. The number of carbonyl (C=O) groups is 2. The molecule has 0 saturated heterocycles. The number of hydrogen-bond donors (Lipinski definition) is 3. The summed E-state index contributed by atoms with van der Waals surface area (Å²) in [6.07, 6.45) is 10.3. The minimum atomic E-state index is -0.564. The Morgan fingerprint density at radius 2 is 2.00 bits per heavy atom. The molecule has 1 aliphatic carbocycles. The van der Waals surface area contributed by atoms with Crippen LogP contribution in [0.3, 0.4) is 0 Å². The molecule has 184 valence electrons. The predicted octanol–water partition coefficient (Wildman–Crippen LogP) is 5.11. The molecule has 0 aliphatic heterocycles. The lowest BCUT2D eigenvalue weighted by Gasteiger charge is -2.21. The number of aromatic nitrogens is 2. The Balaban J connectivity index is 1.37. The van der Waals surface area contributed by atoms with Crippen LogP contribution < -0.4 is 16.0 Å². The van der Waals surface area contributed by atoms with Gasteiger partial charge in [0.1, 0.15) is 6.04 Å². The van der Waals surface area contributed by atoms with E-state index in [1.807, 2.05) is 31.2 Å². The number of carbonyl (C=O) groups excluding carboxylic acids is 2. The van der Waals surface area contributed by atoms with E-state index >= 15 is 0 Å². The van der Waals surface area contributed by atoms with E-state index in [1.54, 1.807) is 24.7 Å². The van der Waals surface area contributed by atoms with Crippen LogP contribution in [0.5, 0.6) is 0 Å². The van der Waals surface area contributed by atoms with Crippen LogP contribution in [0, 0.1) is 12.8 Å². The molecule has 3 N–H and O–H groups in total. The number of nitrogens with zero attached hydrogens (tertiary/aromatic N) is 2. The summed E-state index contributed by atoms with van der Waals surface area (Å²) in [5.41, 5.74) is 2.64. The fourth-order valence-electron chi connectivity index (χ4n) is 4.32. The third kappa shape index (κ3) is 7.26. The number of pyridine rings is 2. The lowest BCUT2D eigenvalue weighted by Crippen LogP contribution is -2.47. The molecule has 3 aromatic rings. The van der Waals surface area contributed by atoms with Crippen molar-refractivity contribution in [1.82, 2.24) is 20.6 Å². The Morgan fingerprint density at radius 3 is 2.77 bits per heavy atom. The molecule has 35 heavy (non-hydrogen) atoms. The Morgan fingerprint density at radius 1 is 1.17 bits per heavy atom. The van der Waals surface area contributed by atoms with Gasteiger partial charge >= 0.3 is 0 Å². The number of hydrogen-bond acceptors (Lipinski definition) is 6. The van der Waals surface area contributed by atoms with E-state index < -0.39 is 6.04 Å². The van der Waals surface area contributed by atoms with Crippen LogP contribution in [0.25, 0.3) is 0 Å². The Hall–Kier alpha value is -2.97. The molecule has 1 saturated carbocycles. The molecule has 7 nitrogen and oxygen atoms in total. The first-order chi connectivity index (χ1) is 17.0. The van der Waals surface area contributed by atoms with Gasteiger partial charge in [0.05, 0.1) is 21.3 Å². The van der Waals surface area contributed by atoms with E-state index in [0.29, 0.717) is 35.3 Å². The van der Waals surface area contributed by atoms with Gasteiger partial charge in [-0.2, -0.15) is 0 Å². The number of anilines is 1. The number of amides is 2. The molecule has 2 amide bonds. The second kappa shape index (κ2) is 12.1. The molecular weight excluding hydrogens is 482 g/mol. The molecule has 1 unspecified atom stereocenters. The molecule has 0 radical (unpaired) electrons. The maximum Gasteiger partial charge on any atom is 0.262 e. The predicted molar refractivity (Wildman–Crippen MR) is 140 cm³/mol. The highest BCUT2D eigenvalue weighted by Crippen LogP contribution is 2.29. The lowest BCUT2D eigenvalue weighted by molar-refractivity contribution is -0.123. The lowest BCUT2D eigenvalue weighted by atomic mass is 9.97. The summed E-state index contributed by atoms with van der Waals surface area (Å²) >= 11 is 7.46. The van der Waals surface area contributed by atoms with Crippen molar-refractivity contribution < 1.29 is 9.59 Å². The van der Waals surface area contributed by atoms with E-state index in [2.05, 4.69) is 25.9 Å². The highest BCUT2D eigenvalue weighted by molar-refractivity contribution is 7.14. The molecular formula is C26H30ClN5O2S. The summed E-state index contributed by atoms with van der Waals surface area (Å²) in [5, 5.41) is 9.86. The minimum Gasteiger partial charge on any atom is -0.379 e. The van der Waals surface area contributed by atoms with Crippen molar-refractivity contribution >= 4 is 40.4 Å². The third-order valence-electron chi connectivity index (χ3n) is 6.25. The molecule has 1 fully saturated rings. The second-order valence-corrected chi connectivity index (χ2v) is 10.5. The molecule has 4 rings (SSSR count). The van der Waals surface area contributed by atoms with Crippen LogP contribution in [0.1, 0.15) is 57.9 Å². The zero-order chi connectivity index (χ0) is 24.6. The van der Waals surface area contributed by atoms with Gasteiger partial charge in [-0.15, -0.1) is 11.3 Å². The average Bonchev–Trinajstić information content (AvgIpc) is 3.56. The highest BCUT2D eigenvalue weighted by Gasteiger charge is 2.27. The van der Waals surface area contributed by atoms with Crippen molar-refractivity contribution in [1.29, 1.82) is 0 Å². The van der Waals surface area contributed by atoms with E-state index in [-0.39, 0.29) is 11.8 Å². The van der Waals surface area contributed by atoms with E-state index in [0.717, 1.165) is 34.7 Å². The van der Waals surface area contributed by atoms with E-state index in [9.17, 15) is 9.59 Å². The topological polar surface area (TPSA) is 96.0 Å². The number of halogens is 1. The molecule has 3 heterocycles. The standard InChI is InChI=1S/C26H30ClN5O2S/c1-17-22(12-20(27)15-29-17)30-16-21-8-9-24(35-21)26(34)32-23(11-18-5-2-3-6-18)25(33)31-14-19-7-4-10-28-13-19/h4,7-10,12-13,15,18,23,30H,2-3,5-6,11,14,16H2,1H3,(H,31,33)(H,32,34). The van der Waals surface area contributed by atoms with Gasteiger partial charge in [-0.3, -0.25) is 19.6 Å². The molecule has 1 atom stereocenters. The highest BCUT2D eigenvalue weighted by atomic mass is 35.5. The summed E-state index contributed by atoms with van der Waals surface area (Å²) in [6, 6.07) is 8.76. The van der Waals surface area contributed by atoms with Crippen molar-refractivity contribution in [2.45, 2.75) is 58.2 Å². The van der Waals surface area contributed by atoms with Crippen molar-refractivity contribution in [3.05, 3.63) is 75.0 Å². The minimum absolute atomic E-state index is 0.156. The zero-order valence-electron chi connectivity index (χ0n) is 19.7. The summed E-state index contributed by atoms with van der Waals surface area (Å²) in [7, 11) is 0. The summed E-state index contributed by atoms with van der Waals surface area (Å²) in [6.45, 7) is 2.85. The quantitative estimate of drug-likeness (QED) is 0.351. The SMILES string of the molecule is Cc1ncc(Cl)cc1NCc1ccc(C(=O)NC(CC2CCCC2)C(=O)NCc2cccnc2)s1. The summed E-state index contributed by atoms with van der Waals surface area (Å²) in [4.78, 5) is 36.0. The third-order valence-corrected chi connectivity index (χ3v) is 7.54. The van der Waals surface area contributed by atoms with Crippen LogP contribution in [-0.2, 0) is 17.9 Å². The Kier molecular flexibility index (Phi) is 8.71. The maximum absolute atomic E-state index is 13.1. The molecule has 0 aromatic carbocycles. The van der Waals surface area contributed by atoms with Crippen molar-refractivity contribution in [2.75, 3.05) is 5.32 Å². The summed E-state index contributed by atoms with van der Waals surface area (Å²) < 4.78 is 0. The first-order valence-electron chi connectivity index (χ1n) is 11.9. The van der Waals surface area contributed by atoms with Crippen LogP contribution >= 0.6 is 22.9 Å². The second-order valence-electron chi connectivity index (χ2n) is 8.90. The molecule has 0 bridgehead atoms. The molecule has 0 spiro atoms. The zero-order valence-corrected chi connectivity index (χ0v) is 21.3. The van der Waals surface area contributed by atoms with Crippen LogP contribution in [0.2, 0.25) is 5.02 Å². The van der Waals surface area contributed by atoms with Gasteiger partial charge in [0, 0.05) is 36.6 Å².